The Kier molecular flexibility index (Phi) is 4.02. The maximum atomic E-state index is 10.5. The predicted octanol–water partition coefficient (Wildman–Crippen LogP) is -0.364. The minimum Gasteiger partial charge on any atom is -0.507 e. The van der Waals surface area contributed by atoms with Crippen molar-refractivity contribution in [3.8, 4) is 5.75 Å². The minimum absolute atomic E-state index is 0.0185. The lowest BCUT2D eigenvalue weighted by atomic mass is 10.2. The van der Waals surface area contributed by atoms with E-state index in [0.717, 1.165) is 0 Å². The number of hydrogen-bond donors (Lipinski definition) is 3. The molecule has 0 aliphatic carbocycles. The third-order valence-electron chi connectivity index (χ3n) is 1.72. The second-order valence-electron chi connectivity index (χ2n) is 2.92. The largest absolute Gasteiger partial charge is 0.507 e. The number of nitrogens with one attached hydrogen (secondary N) is 1. The molecule has 1 aromatic carbocycles. The van der Waals surface area contributed by atoms with Crippen LogP contribution in [-0.4, -0.2) is 29.8 Å². The fourth-order valence-electron chi connectivity index (χ4n) is 0.974. The van der Waals surface area contributed by atoms with Gasteiger partial charge in [-0.05, 0) is 12.1 Å². The summed E-state index contributed by atoms with van der Waals surface area (Å²) in [6, 6.07) is 6.15. The van der Waals surface area contributed by atoms with Crippen LogP contribution in [0.25, 0.3) is 0 Å². The molecule has 0 atom stereocenters. The van der Waals surface area contributed by atoms with E-state index in [1.807, 2.05) is 0 Å². The molecule has 2 amide bonds. The van der Waals surface area contributed by atoms with Crippen LogP contribution in [0.15, 0.2) is 29.3 Å². The number of primary amides is 1. The molecule has 0 fully saturated rings. The van der Waals surface area contributed by atoms with Gasteiger partial charge in [0.05, 0.1) is 11.9 Å². The summed E-state index contributed by atoms with van der Waals surface area (Å²) < 4.78 is 0. The van der Waals surface area contributed by atoms with Crippen molar-refractivity contribution in [2.75, 3.05) is 6.54 Å². The fourth-order valence-corrected chi connectivity index (χ4v) is 0.974. The van der Waals surface area contributed by atoms with Crippen molar-refractivity contribution in [1.29, 1.82) is 0 Å². The maximum absolute atomic E-state index is 10.5. The van der Waals surface area contributed by atoms with E-state index in [1.165, 1.54) is 18.5 Å². The van der Waals surface area contributed by atoms with Gasteiger partial charge in [0.2, 0.25) is 5.91 Å². The van der Waals surface area contributed by atoms with E-state index < -0.39 is 5.91 Å². The van der Waals surface area contributed by atoms with Crippen LogP contribution in [0.2, 0.25) is 0 Å². The van der Waals surface area contributed by atoms with Crippen LogP contribution in [0, 0.1) is 0 Å². The Morgan fingerprint density at radius 3 is 2.44 bits per heavy atom. The van der Waals surface area contributed by atoms with Gasteiger partial charge in [-0.15, -0.1) is 0 Å². The molecule has 6 nitrogen and oxygen atoms in total. The molecule has 16 heavy (non-hydrogen) atoms. The van der Waals surface area contributed by atoms with Gasteiger partial charge in [0, 0.05) is 0 Å². The summed E-state index contributed by atoms with van der Waals surface area (Å²) in [6.07, 6.45) is 1.41. The van der Waals surface area contributed by atoms with E-state index >= 15 is 0 Å². The van der Waals surface area contributed by atoms with Crippen molar-refractivity contribution in [3.05, 3.63) is 29.8 Å². The number of aliphatic imine (C=N–C) groups is 1. The second kappa shape index (κ2) is 5.50. The molecule has 0 saturated heterocycles. The zero-order valence-electron chi connectivity index (χ0n) is 8.38. The molecule has 0 bridgehead atoms. The molecule has 1 aliphatic rings. The highest BCUT2D eigenvalue weighted by Crippen LogP contribution is 2.13. The van der Waals surface area contributed by atoms with Gasteiger partial charge in [0.1, 0.15) is 12.3 Å². The van der Waals surface area contributed by atoms with Crippen molar-refractivity contribution in [2.24, 2.45) is 10.7 Å². The quantitative estimate of drug-likeness (QED) is 0.602. The van der Waals surface area contributed by atoms with Gasteiger partial charge in [-0.2, -0.15) is 0 Å². The number of carbonyl (C=O) groups is 2. The SMILES string of the molecule is NC(=O)c1ccccc1O.O=C1CN=CN1. The molecule has 6 heteroatoms. The number of nitrogens with two attached hydrogens (primary N) is 1. The van der Waals surface area contributed by atoms with Gasteiger partial charge in [-0.1, -0.05) is 12.1 Å². The normalized spacial score (nSPS) is 12.6. The predicted molar refractivity (Wildman–Crippen MR) is 58.1 cm³/mol. The Morgan fingerprint density at radius 2 is 2.12 bits per heavy atom. The van der Waals surface area contributed by atoms with E-state index in [9.17, 15) is 9.59 Å². The lowest BCUT2D eigenvalue weighted by Gasteiger charge is -1.96. The van der Waals surface area contributed by atoms with Crippen LogP contribution in [0.5, 0.6) is 5.75 Å². The number of hydrogen-bond acceptors (Lipinski definition) is 4. The van der Waals surface area contributed by atoms with E-state index in [1.54, 1.807) is 12.1 Å². The molecular formula is C10H11N3O3. The second-order valence-corrected chi connectivity index (χ2v) is 2.92. The minimum atomic E-state index is -0.613. The lowest BCUT2D eigenvalue weighted by molar-refractivity contribution is -0.117. The van der Waals surface area contributed by atoms with E-state index in [4.69, 9.17) is 10.8 Å². The Bertz CT molecular complexity index is 419. The van der Waals surface area contributed by atoms with Gasteiger partial charge in [0.15, 0.2) is 0 Å². The molecule has 1 aliphatic heterocycles. The molecule has 0 radical (unpaired) electrons. The summed E-state index contributed by atoms with van der Waals surface area (Å²) in [6.45, 7) is 0.306. The summed E-state index contributed by atoms with van der Waals surface area (Å²) >= 11 is 0. The van der Waals surface area contributed by atoms with Crippen molar-refractivity contribution in [3.63, 3.8) is 0 Å². The molecule has 0 saturated carbocycles. The first-order chi connectivity index (χ1) is 7.61. The van der Waals surface area contributed by atoms with Crippen LogP contribution in [0.3, 0.4) is 0 Å². The number of para-hydroxylation sites is 1. The summed E-state index contributed by atoms with van der Waals surface area (Å²) in [5.41, 5.74) is 5.07. The molecule has 0 unspecified atom stereocenters. The fraction of sp³-hybridized carbons (Fsp3) is 0.100. The summed E-state index contributed by atoms with van der Waals surface area (Å²) in [5, 5.41) is 11.4. The third kappa shape index (κ3) is 3.41. The molecule has 0 spiro atoms. The Hall–Kier alpha value is -2.37. The Labute approximate surface area is 91.8 Å². The van der Waals surface area contributed by atoms with Crippen molar-refractivity contribution >= 4 is 18.2 Å². The highest BCUT2D eigenvalue weighted by Gasteiger charge is 2.03. The van der Waals surface area contributed by atoms with Crippen LogP contribution >= 0.6 is 0 Å². The first kappa shape index (κ1) is 11.7. The topological polar surface area (TPSA) is 105 Å². The molecule has 0 aromatic heterocycles. The molecule has 1 heterocycles. The monoisotopic (exact) mass is 221 g/mol. The van der Waals surface area contributed by atoms with Crippen LogP contribution < -0.4 is 11.1 Å². The Balaban J connectivity index is 0.000000181. The molecule has 84 valence electrons. The van der Waals surface area contributed by atoms with Crippen LogP contribution in [0.4, 0.5) is 0 Å². The van der Waals surface area contributed by atoms with Gasteiger partial charge in [-0.25, -0.2) is 0 Å². The summed E-state index contributed by atoms with van der Waals surface area (Å²) in [5.74, 6) is -0.705. The van der Waals surface area contributed by atoms with Crippen LogP contribution in [0.1, 0.15) is 10.4 Å². The van der Waals surface area contributed by atoms with Crippen molar-refractivity contribution < 1.29 is 14.7 Å². The van der Waals surface area contributed by atoms with Crippen LogP contribution in [-0.2, 0) is 4.79 Å². The molecule has 4 N–H and O–H groups in total. The number of benzene rings is 1. The number of carbonyl (C=O) groups excluding carboxylic acids is 2. The number of rotatable bonds is 1. The smallest absolute Gasteiger partial charge is 0.252 e. The zero-order valence-corrected chi connectivity index (χ0v) is 8.38. The van der Waals surface area contributed by atoms with Gasteiger partial charge >= 0.3 is 0 Å². The van der Waals surface area contributed by atoms with Gasteiger partial charge in [0.25, 0.3) is 5.91 Å². The van der Waals surface area contributed by atoms with Crippen molar-refractivity contribution in [2.45, 2.75) is 0 Å². The summed E-state index contributed by atoms with van der Waals surface area (Å²) in [7, 11) is 0. The Morgan fingerprint density at radius 1 is 1.44 bits per heavy atom. The number of nitrogens with zero attached hydrogens (tertiary/aromatic N) is 1. The highest BCUT2D eigenvalue weighted by atomic mass is 16.3. The number of amides is 2. The first-order valence-corrected chi connectivity index (χ1v) is 4.46. The number of aromatic hydroxyl groups is 1. The first-order valence-electron chi connectivity index (χ1n) is 4.46. The average Bonchev–Trinajstić information content (AvgIpc) is 2.70. The highest BCUT2D eigenvalue weighted by molar-refractivity contribution is 5.95. The molecule has 1 aromatic rings. The van der Waals surface area contributed by atoms with Crippen molar-refractivity contribution in [1.82, 2.24) is 5.32 Å². The van der Waals surface area contributed by atoms with Gasteiger partial charge < -0.3 is 16.2 Å². The molecular weight excluding hydrogens is 210 g/mol. The van der Waals surface area contributed by atoms with E-state index in [2.05, 4.69) is 10.3 Å². The number of phenols is 1. The van der Waals surface area contributed by atoms with E-state index in [-0.39, 0.29) is 17.2 Å². The summed E-state index contributed by atoms with van der Waals surface area (Å²) in [4.78, 5) is 24.1. The molecule has 2 rings (SSSR count). The van der Waals surface area contributed by atoms with Gasteiger partial charge in [-0.3, -0.25) is 14.6 Å². The maximum Gasteiger partial charge on any atom is 0.252 e. The third-order valence-corrected chi connectivity index (χ3v) is 1.72. The lowest BCUT2D eigenvalue weighted by Crippen LogP contribution is -2.15. The standard InChI is InChI=1S/C7H7NO2.C3H4N2O/c8-7(10)5-3-1-2-4-6(5)9;6-3-1-4-2-5-3/h1-4,9H,(H2,8,10);2H,1H2,(H,4,5,6). The van der Waals surface area contributed by atoms with E-state index in [0.29, 0.717) is 6.54 Å². The average molecular weight is 221 g/mol. The zero-order chi connectivity index (χ0) is 12.0.